The molecule has 0 heterocycles. The van der Waals surface area contributed by atoms with Crippen LogP contribution in [0.4, 0.5) is 0 Å². The second-order valence-electron chi connectivity index (χ2n) is 4.84. The Labute approximate surface area is 98.7 Å². The highest BCUT2D eigenvalue weighted by Gasteiger charge is 1.99. The molecule has 1 aromatic rings. The fraction of sp³-hybridized carbons (Fsp3) is 0.375. The molecular formula is C16H20. The van der Waals surface area contributed by atoms with Crippen LogP contribution in [0, 0.1) is 0 Å². The topological polar surface area (TPSA) is 0 Å². The Morgan fingerprint density at radius 3 is 1.38 bits per heavy atom. The van der Waals surface area contributed by atoms with Crippen LogP contribution in [-0.2, 0) is 12.8 Å². The second kappa shape index (κ2) is 5.16. The molecule has 0 aromatic heterocycles. The number of benzene rings is 1. The normalized spacial score (nSPS) is 17.1. The van der Waals surface area contributed by atoms with E-state index in [1.807, 2.05) is 0 Å². The van der Waals surface area contributed by atoms with Gasteiger partial charge in [0.15, 0.2) is 0 Å². The molecule has 0 fully saturated rings. The van der Waals surface area contributed by atoms with Gasteiger partial charge in [0.1, 0.15) is 0 Å². The first-order chi connectivity index (χ1) is 7.74. The lowest BCUT2D eigenvalue weighted by Gasteiger charge is -2.07. The fourth-order valence-corrected chi connectivity index (χ4v) is 2.01. The Morgan fingerprint density at radius 2 is 1.00 bits per heavy atom. The lowest BCUT2D eigenvalue weighted by atomic mass is 9.99. The first kappa shape index (κ1) is 11.2. The van der Waals surface area contributed by atoms with Crippen LogP contribution in [0.5, 0.6) is 0 Å². The lowest BCUT2D eigenvalue weighted by Crippen LogP contribution is -1.92. The largest absolute Gasteiger partial charge is 0.0730 e. The molecule has 3 rings (SSSR count). The van der Waals surface area contributed by atoms with E-state index in [2.05, 4.69) is 50.3 Å². The van der Waals surface area contributed by atoms with Crippen molar-refractivity contribution in [3.05, 3.63) is 58.7 Å². The number of allylic oxidation sites excluding steroid dienone is 4. The van der Waals surface area contributed by atoms with E-state index < -0.39 is 0 Å². The van der Waals surface area contributed by atoms with Crippen LogP contribution in [0.3, 0.4) is 0 Å². The zero-order chi connectivity index (χ0) is 11.4. The molecule has 0 radical (unpaired) electrons. The van der Waals surface area contributed by atoms with Crippen molar-refractivity contribution in [1.82, 2.24) is 0 Å². The van der Waals surface area contributed by atoms with Crippen molar-refractivity contribution in [2.45, 2.75) is 39.5 Å². The van der Waals surface area contributed by atoms with Gasteiger partial charge in [-0.05, 0) is 50.7 Å². The summed E-state index contributed by atoms with van der Waals surface area (Å²) in [6.45, 7) is 4.45. The summed E-state index contributed by atoms with van der Waals surface area (Å²) in [7, 11) is 0. The van der Waals surface area contributed by atoms with Crippen LogP contribution in [0.25, 0.3) is 0 Å². The summed E-state index contributed by atoms with van der Waals surface area (Å²) in [6, 6.07) is 9.12. The SMILES string of the molecule is CC1=CC=C(C)CCc2ccc(cc2)CC1. The molecule has 2 aliphatic rings. The summed E-state index contributed by atoms with van der Waals surface area (Å²) >= 11 is 0. The molecule has 0 saturated carbocycles. The van der Waals surface area contributed by atoms with Gasteiger partial charge in [0.25, 0.3) is 0 Å². The molecule has 0 heteroatoms. The lowest BCUT2D eigenvalue weighted by molar-refractivity contribution is 0.913. The second-order valence-corrected chi connectivity index (χ2v) is 4.84. The Morgan fingerprint density at radius 1 is 0.625 bits per heavy atom. The molecule has 0 N–H and O–H groups in total. The van der Waals surface area contributed by atoms with Gasteiger partial charge in [-0.15, -0.1) is 0 Å². The van der Waals surface area contributed by atoms with Crippen LogP contribution in [0.1, 0.15) is 37.8 Å². The zero-order valence-electron chi connectivity index (χ0n) is 10.3. The van der Waals surface area contributed by atoms with Crippen molar-refractivity contribution in [2.75, 3.05) is 0 Å². The Kier molecular flexibility index (Phi) is 3.61. The molecule has 0 atom stereocenters. The first-order valence-electron chi connectivity index (χ1n) is 6.15. The van der Waals surface area contributed by atoms with Crippen molar-refractivity contribution in [3.8, 4) is 0 Å². The van der Waals surface area contributed by atoms with Crippen LogP contribution >= 0.6 is 0 Å². The predicted octanol–water partition coefficient (Wildman–Crippen LogP) is 4.46. The van der Waals surface area contributed by atoms with Crippen molar-refractivity contribution >= 4 is 0 Å². The standard InChI is InChI=1S/C16H20/c1-13-3-4-14(2)6-8-16-11-9-15(7-5-13)10-12-16/h3-4,9-12H,5-8H2,1-2H3. The molecule has 0 unspecified atom stereocenters. The van der Waals surface area contributed by atoms with Gasteiger partial charge >= 0.3 is 0 Å². The molecule has 1 aromatic carbocycles. The third-order valence-electron chi connectivity index (χ3n) is 3.29. The van der Waals surface area contributed by atoms with Gasteiger partial charge in [-0.25, -0.2) is 0 Å². The molecule has 2 bridgehead atoms. The van der Waals surface area contributed by atoms with Crippen molar-refractivity contribution in [2.24, 2.45) is 0 Å². The molecule has 16 heavy (non-hydrogen) atoms. The number of fused-ring (bicyclic) bond motifs is 7. The van der Waals surface area contributed by atoms with Crippen LogP contribution in [0.2, 0.25) is 0 Å². The first-order valence-corrected chi connectivity index (χ1v) is 6.15. The van der Waals surface area contributed by atoms with Crippen molar-refractivity contribution in [3.63, 3.8) is 0 Å². The molecule has 2 aliphatic carbocycles. The average molecular weight is 212 g/mol. The van der Waals surface area contributed by atoms with E-state index >= 15 is 0 Å². The van der Waals surface area contributed by atoms with Crippen molar-refractivity contribution < 1.29 is 0 Å². The van der Waals surface area contributed by atoms with E-state index in [0.29, 0.717) is 0 Å². The van der Waals surface area contributed by atoms with E-state index in [9.17, 15) is 0 Å². The van der Waals surface area contributed by atoms with Gasteiger partial charge in [-0.1, -0.05) is 47.6 Å². The number of rotatable bonds is 0. The number of hydrogen-bond donors (Lipinski definition) is 0. The van der Waals surface area contributed by atoms with Gasteiger partial charge in [-0.3, -0.25) is 0 Å². The monoisotopic (exact) mass is 212 g/mol. The average Bonchev–Trinajstić information content (AvgIpc) is 2.31. The Hall–Kier alpha value is -1.30. The van der Waals surface area contributed by atoms with Gasteiger partial charge in [0, 0.05) is 0 Å². The third kappa shape index (κ3) is 3.10. The minimum Gasteiger partial charge on any atom is -0.0730 e. The van der Waals surface area contributed by atoms with Crippen LogP contribution < -0.4 is 0 Å². The maximum absolute atomic E-state index is 2.28. The minimum atomic E-state index is 1.16. The summed E-state index contributed by atoms with van der Waals surface area (Å²) in [4.78, 5) is 0. The van der Waals surface area contributed by atoms with Gasteiger partial charge in [-0.2, -0.15) is 0 Å². The molecule has 0 aliphatic heterocycles. The zero-order valence-corrected chi connectivity index (χ0v) is 10.3. The molecule has 0 amide bonds. The molecule has 0 saturated heterocycles. The summed E-state index contributed by atoms with van der Waals surface area (Å²) in [5, 5.41) is 0. The van der Waals surface area contributed by atoms with Gasteiger partial charge in [0.2, 0.25) is 0 Å². The third-order valence-corrected chi connectivity index (χ3v) is 3.29. The fourth-order valence-electron chi connectivity index (χ4n) is 2.01. The van der Waals surface area contributed by atoms with E-state index in [0.717, 1.165) is 12.8 Å². The highest BCUT2D eigenvalue weighted by Crippen LogP contribution is 2.15. The summed E-state index contributed by atoms with van der Waals surface area (Å²) < 4.78 is 0. The Balaban J connectivity index is 2.24. The van der Waals surface area contributed by atoms with Crippen molar-refractivity contribution in [1.29, 1.82) is 0 Å². The maximum atomic E-state index is 2.28. The smallest absolute Gasteiger partial charge is 0.0241 e. The number of hydrogen-bond acceptors (Lipinski definition) is 0. The highest BCUT2D eigenvalue weighted by atomic mass is 14.0. The minimum absolute atomic E-state index is 1.16. The summed E-state index contributed by atoms with van der Waals surface area (Å²) in [6.07, 6.45) is 9.23. The summed E-state index contributed by atoms with van der Waals surface area (Å²) in [5.74, 6) is 0. The van der Waals surface area contributed by atoms with E-state index in [1.165, 1.54) is 35.1 Å². The van der Waals surface area contributed by atoms with E-state index in [-0.39, 0.29) is 0 Å². The molecular weight excluding hydrogens is 192 g/mol. The van der Waals surface area contributed by atoms with Crippen LogP contribution in [0.15, 0.2) is 47.6 Å². The number of aryl methyl sites for hydroxylation is 2. The highest BCUT2D eigenvalue weighted by molar-refractivity contribution is 5.26. The molecule has 0 spiro atoms. The maximum Gasteiger partial charge on any atom is -0.0241 e. The quantitative estimate of drug-likeness (QED) is 0.595. The summed E-state index contributed by atoms with van der Waals surface area (Å²) in [5.41, 5.74) is 5.86. The molecule has 0 nitrogen and oxygen atoms in total. The van der Waals surface area contributed by atoms with Gasteiger partial charge < -0.3 is 0 Å². The van der Waals surface area contributed by atoms with E-state index in [4.69, 9.17) is 0 Å². The molecule has 84 valence electrons. The van der Waals surface area contributed by atoms with E-state index in [1.54, 1.807) is 0 Å². The van der Waals surface area contributed by atoms with Crippen LogP contribution in [-0.4, -0.2) is 0 Å². The Bertz CT molecular complexity index is 363. The predicted molar refractivity (Wildman–Crippen MR) is 70.6 cm³/mol. The van der Waals surface area contributed by atoms with Gasteiger partial charge in [0.05, 0.1) is 0 Å².